The zero-order chi connectivity index (χ0) is 9.26. The Morgan fingerprint density at radius 1 is 1.77 bits per heavy atom. The van der Waals surface area contributed by atoms with Gasteiger partial charge in [-0.3, -0.25) is 4.68 Å². The average molecular weight is 246 g/mol. The van der Waals surface area contributed by atoms with E-state index in [9.17, 15) is 0 Å². The van der Waals surface area contributed by atoms with Gasteiger partial charge in [0.05, 0.1) is 17.1 Å². The molecule has 72 valence electrons. The van der Waals surface area contributed by atoms with Crippen LogP contribution in [-0.2, 0) is 11.3 Å². The third kappa shape index (κ3) is 2.03. The second-order valence-electron chi connectivity index (χ2n) is 3.22. The van der Waals surface area contributed by atoms with Crippen LogP contribution in [0.1, 0.15) is 12.8 Å². The van der Waals surface area contributed by atoms with E-state index in [4.69, 9.17) is 10.5 Å². The van der Waals surface area contributed by atoms with Gasteiger partial charge in [0.1, 0.15) is 0 Å². The van der Waals surface area contributed by atoms with Gasteiger partial charge in [0.15, 0.2) is 5.82 Å². The predicted octanol–water partition coefficient (Wildman–Crippen LogP) is 1.41. The first-order chi connectivity index (χ1) is 6.25. The first kappa shape index (κ1) is 9.02. The summed E-state index contributed by atoms with van der Waals surface area (Å²) >= 11 is 3.32. The summed E-state index contributed by atoms with van der Waals surface area (Å²) in [6.07, 6.45) is 4.47. The van der Waals surface area contributed by atoms with Gasteiger partial charge in [-0.05, 0) is 28.8 Å². The number of anilines is 1. The van der Waals surface area contributed by atoms with Gasteiger partial charge in [0.25, 0.3) is 0 Å². The van der Waals surface area contributed by atoms with Crippen molar-refractivity contribution in [3.05, 3.63) is 10.7 Å². The molecule has 0 aromatic carbocycles. The molecular formula is C8H12BrN3O. The molecule has 0 aliphatic carbocycles. The van der Waals surface area contributed by atoms with Gasteiger partial charge in [-0.1, -0.05) is 0 Å². The van der Waals surface area contributed by atoms with E-state index < -0.39 is 0 Å². The minimum absolute atomic E-state index is 0.311. The molecule has 1 atom stereocenters. The fourth-order valence-corrected chi connectivity index (χ4v) is 1.82. The van der Waals surface area contributed by atoms with E-state index in [0.29, 0.717) is 11.9 Å². The maximum Gasteiger partial charge on any atom is 0.159 e. The van der Waals surface area contributed by atoms with Crippen molar-refractivity contribution in [1.29, 1.82) is 0 Å². The van der Waals surface area contributed by atoms with Crippen LogP contribution in [0.2, 0.25) is 0 Å². The zero-order valence-electron chi connectivity index (χ0n) is 7.24. The van der Waals surface area contributed by atoms with E-state index in [0.717, 1.165) is 30.5 Å². The molecule has 0 amide bonds. The van der Waals surface area contributed by atoms with Crippen molar-refractivity contribution in [1.82, 2.24) is 9.78 Å². The molecule has 0 bridgehead atoms. The summed E-state index contributed by atoms with van der Waals surface area (Å²) in [5, 5.41) is 4.14. The van der Waals surface area contributed by atoms with E-state index in [1.165, 1.54) is 0 Å². The number of nitrogen functional groups attached to an aromatic ring is 1. The van der Waals surface area contributed by atoms with Crippen LogP contribution in [0.3, 0.4) is 0 Å². The van der Waals surface area contributed by atoms with Gasteiger partial charge < -0.3 is 10.5 Å². The Morgan fingerprint density at radius 3 is 3.15 bits per heavy atom. The van der Waals surface area contributed by atoms with Crippen LogP contribution in [0.15, 0.2) is 10.7 Å². The molecule has 0 spiro atoms. The van der Waals surface area contributed by atoms with Gasteiger partial charge in [-0.2, -0.15) is 5.10 Å². The molecule has 1 aromatic rings. The minimum atomic E-state index is 0.311. The molecule has 0 saturated carbocycles. The number of nitrogens with zero attached hydrogens (tertiary/aromatic N) is 2. The number of aromatic nitrogens is 2. The molecule has 4 nitrogen and oxygen atoms in total. The second-order valence-corrected chi connectivity index (χ2v) is 4.07. The molecule has 2 heterocycles. The SMILES string of the molecule is Nc1nn(C[C@H]2CCCO2)cc1Br. The monoisotopic (exact) mass is 245 g/mol. The minimum Gasteiger partial charge on any atom is -0.381 e. The van der Waals surface area contributed by atoms with Crippen molar-refractivity contribution in [2.75, 3.05) is 12.3 Å². The Bertz CT molecular complexity index is 274. The molecule has 1 aliphatic heterocycles. The fourth-order valence-electron chi connectivity index (χ4n) is 1.50. The molecule has 13 heavy (non-hydrogen) atoms. The van der Waals surface area contributed by atoms with Crippen LogP contribution in [0.5, 0.6) is 0 Å². The third-order valence-electron chi connectivity index (χ3n) is 2.16. The van der Waals surface area contributed by atoms with Gasteiger partial charge in [0.2, 0.25) is 0 Å². The van der Waals surface area contributed by atoms with Crippen molar-refractivity contribution in [3.63, 3.8) is 0 Å². The summed E-state index contributed by atoms with van der Waals surface area (Å²) in [6.45, 7) is 1.68. The van der Waals surface area contributed by atoms with Crippen LogP contribution in [-0.4, -0.2) is 22.5 Å². The Morgan fingerprint density at radius 2 is 2.62 bits per heavy atom. The number of hydrogen-bond donors (Lipinski definition) is 1. The first-order valence-corrected chi connectivity index (χ1v) is 5.15. The number of hydrogen-bond acceptors (Lipinski definition) is 3. The largest absolute Gasteiger partial charge is 0.381 e. The molecule has 1 saturated heterocycles. The van der Waals surface area contributed by atoms with Gasteiger partial charge in [-0.15, -0.1) is 0 Å². The number of rotatable bonds is 2. The molecule has 1 aliphatic rings. The number of halogens is 1. The maximum absolute atomic E-state index is 5.60. The smallest absolute Gasteiger partial charge is 0.159 e. The Balaban J connectivity index is 2.00. The molecule has 2 N–H and O–H groups in total. The van der Waals surface area contributed by atoms with E-state index >= 15 is 0 Å². The molecule has 1 aromatic heterocycles. The van der Waals surface area contributed by atoms with Gasteiger partial charge >= 0.3 is 0 Å². The van der Waals surface area contributed by atoms with E-state index in [2.05, 4.69) is 21.0 Å². The second kappa shape index (κ2) is 3.67. The topological polar surface area (TPSA) is 53.1 Å². The quantitative estimate of drug-likeness (QED) is 0.858. The lowest BCUT2D eigenvalue weighted by Crippen LogP contribution is -2.15. The van der Waals surface area contributed by atoms with Crippen molar-refractivity contribution >= 4 is 21.7 Å². The summed E-state index contributed by atoms with van der Waals surface area (Å²) in [5.74, 6) is 0.540. The summed E-state index contributed by atoms with van der Waals surface area (Å²) < 4.78 is 8.17. The summed E-state index contributed by atoms with van der Waals surface area (Å²) in [5.41, 5.74) is 5.60. The van der Waals surface area contributed by atoms with Crippen molar-refractivity contribution in [2.45, 2.75) is 25.5 Å². The highest BCUT2D eigenvalue weighted by molar-refractivity contribution is 9.10. The molecule has 2 rings (SSSR count). The average Bonchev–Trinajstić information content (AvgIpc) is 2.64. The lowest BCUT2D eigenvalue weighted by atomic mass is 10.2. The van der Waals surface area contributed by atoms with Crippen molar-refractivity contribution < 1.29 is 4.74 Å². The van der Waals surface area contributed by atoms with E-state index in [1.807, 2.05) is 10.9 Å². The molecule has 5 heteroatoms. The Hall–Kier alpha value is -0.550. The summed E-state index contributed by atoms with van der Waals surface area (Å²) in [7, 11) is 0. The third-order valence-corrected chi connectivity index (χ3v) is 2.77. The first-order valence-electron chi connectivity index (χ1n) is 4.36. The molecular weight excluding hydrogens is 234 g/mol. The summed E-state index contributed by atoms with van der Waals surface area (Å²) in [4.78, 5) is 0. The number of ether oxygens (including phenoxy) is 1. The van der Waals surface area contributed by atoms with Gasteiger partial charge in [-0.25, -0.2) is 0 Å². The van der Waals surface area contributed by atoms with Crippen molar-refractivity contribution in [3.8, 4) is 0 Å². The number of nitrogens with two attached hydrogens (primary N) is 1. The van der Waals surface area contributed by atoms with Crippen LogP contribution in [0.25, 0.3) is 0 Å². The lowest BCUT2D eigenvalue weighted by molar-refractivity contribution is 0.0941. The van der Waals surface area contributed by atoms with Crippen LogP contribution in [0, 0.1) is 0 Å². The standard InChI is InChI=1S/C8H12BrN3O/c9-7-5-12(11-8(7)10)4-6-2-1-3-13-6/h5-6H,1-4H2,(H2,10,11)/t6-/m1/s1. The maximum atomic E-state index is 5.60. The lowest BCUT2D eigenvalue weighted by Gasteiger charge is -2.08. The van der Waals surface area contributed by atoms with Crippen LogP contribution >= 0.6 is 15.9 Å². The normalized spacial score (nSPS) is 22.4. The molecule has 0 unspecified atom stereocenters. The van der Waals surface area contributed by atoms with Crippen LogP contribution in [0.4, 0.5) is 5.82 Å². The predicted molar refractivity (Wildman–Crippen MR) is 53.3 cm³/mol. The van der Waals surface area contributed by atoms with Crippen molar-refractivity contribution in [2.24, 2.45) is 0 Å². The zero-order valence-corrected chi connectivity index (χ0v) is 8.83. The molecule has 1 fully saturated rings. The Labute approximate surface area is 85.2 Å². The highest BCUT2D eigenvalue weighted by Gasteiger charge is 2.16. The Kier molecular flexibility index (Phi) is 2.55. The van der Waals surface area contributed by atoms with E-state index in [1.54, 1.807) is 0 Å². The van der Waals surface area contributed by atoms with E-state index in [-0.39, 0.29) is 0 Å². The highest BCUT2D eigenvalue weighted by Crippen LogP contribution is 2.19. The molecule has 0 radical (unpaired) electrons. The highest BCUT2D eigenvalue weighted by atomic mass is 79.9. The van der Waals surface area contributed by atoms with Gasteiger partial charge in [0, 0.05) is 12.8 Å². The fraction of sp³-hybridized carbons (Fsp3) is 0.625. The summed E-state index contributed by atoms with van der Waals surface area (Å²) in [6, 6.07) is 0. The van der Waals surface area contributed by atoms with Crippen LogP contribution < -0.4 is 5.73 Å².